The van der Waals surface area contributed by atoms with Crippen molar-refractivity contribution in [1.82, 2.24) is 0 Å². The van der Waals surface area contributed by atoms with Gasteiger partial charge in [-0.15, -0.1) is 0 Å². The van der Waals surface area contributed by atoms with Crippen molar-refractivity contribution in [2.75, 3.05) is 0 Å². The second-order valence-corrected chi connectivity index (χ2v) is 2.19. The molecule has 1 rings (SSSR count). The molecule has 1 aromatic carbocycles. The summed E-state index contributed by atoms with van der Waals surface area (Å²) in [6.45, 7) is 2.07. The van der Waals surface area contributed by atoms with E-state index in [9.17, 15) is 4.79 Å². The third-order valence-electron chi connectivity index (χ3n) is 1.44. The first-order valence-electron chi connectivity index (χ1n) is 3.42. The fourth-order valence-electron chi connectivity index (χ4n) is 0.803. The average molecular weight is 134 g/mol. The lowest BCUT2D eigenvalue weighted by molar-refractivity contribution is 1.15. The molecule has 1 heteroatoms. The number of rotatable bonds is 1. The van der Waals surface area contributed by atoms with Gasteiger partial charge >= 0.3 is 0 Å². The SMILES string of the molecule is CCc1cccc(=O)cc1. The molecule has 1 nitrogen and oxygen atoms in total. The van der Waals surface area contributed by atoms with E-state index in [2.05, 4.69) is 6.92 Å². The minimum atomic E-state index is 0.0692. The Morgan fingerprint density at radius 2 is 2.00 bits per heavy atom. The Morgan fingerprint density at radius 1 is 1.20 bits per heavy atom. The Labute approximate surface area is 60.3 Å². The molecule has 0 unspecified atom stereocenters. The number of hydrogen-bond acceptors (Lipinski definition) is 1. The van der Waals surface area contributed by atoms with E-state index < -0.39 is 0 Å². The van der Waals surface area contributed by atoms with E-state index in [-0.39, 0.29) is 5.43 Å². The van der Waals surface area contributed by atoms with Crippen LogP contribution in [0.4, 0.5) is 0 Å². The lowest BCUT2D eigenvalue weighted by atomic mass is 10.2. The molecule has 52 valence electrons. The Balaban J connectivity index is 3.16. The summed E-state index contributed by atoms with van der Waals surface area (Å²) >= 11 is 0. The Hall–Kier alpha value is -1.11. The molecule has 0 fully saturated rings. The highest BCUT2D eigenvalue weighted by Crippen LogP contribution is 1.93. The summed E-state index contributed by atoms with van der Waals surface area (Å²) in [4.78, 5) is 10.7. The van der Waals surface area contributed by atoms with Gasteiger partial charge in [-0.2, -0.15) is 0 Å². The van der Waals surface area contributed by atoms with Crippen LogP contribution in [-0.2, 0) is 6.42 Å². The molecule has 0 amide bonds. The van der Waals surface area contributed by atoms with Crippen LogP contribution in [-0.4, -0.2) is 0 Å². The van der Waals surface area contributed by atoms with Crippen molar-refractivity contribution in [3.8, 4) is 0 Å². The van der Waals surface area contributed by atoms with Crippen molar-refractivity contribution >= 4 is 0 Å². The van der Waals surface area contributed by atoms with E-state index in [0.29, 0.717) is 0 Å². The van der Waals surface area contributed by atoms with Crippen LogP contribution in [0.3, 0.4) is 0 Å². The molecule has 0 aliphatic rings. The summed E-state index contributed by atoms with van der Waals surface area (Å²) in [5.41, 5.74) is 1.27. The molecule has 0 atom stereocenters. The highest BCUT2D eigenvalue weighted by atomic mass is 16.1. The minimum Gasteiger partial charge on any atom is -0.290 e. The van der Waals surface area contributed by atoms with Crippen LogP contribution in [0.5, 0.6) is 0 Å². The van der Waals surface area contributed by atoms with Crippen LogP contribution in [0.25, 0.3) is 0 Å². The van der Waals surface area contributed by atoms with Gasteiger partial charge in [-0.25, -0.2) is 0 Å². The van der Waals surface area contributed by atoms with Gasteiger partial charge in [0.1, 0.15) is 0 Å². The lowest BCUT2D eigenvalue weighted by Crippen LogP contribution is -1.87. The van der Waals surface area contributed by atoms with Crippen LogP contribution in [0.1, 0.15) is 12.5 Å². The zero-order valence-corrected chi connectivity index (χ0v) is 6.00. The second kappa shape index (κ2) is 3.16. The van der Waals surface area contributed by atoms with Gasteiger partial charge in [0.25, 0.3) is 0 Å². The topological polar surface area (TPSA) is 17.1 Å². The van der Waals surface area contributed by atoms with Gasteiger partial charge in [-0.1, -0.05) is 25.1 Å². The fourth-order valence-corrected chi connectivity index (χ4v) is 0.803. The normalized spacial score (nSPS) is 9.30. The fraction of sp³-hybridized carbons (Fsp3) is 0.222. The molecule has 0 aromatic heterocycles. The van der Waals surface area contributed by atoms with Crippen molar-refractivity contribution in [3.05, 3.63) is 46.1 Å². The molecule has 0 spiro atoms. The van der Waals surface area contributed by atoms with Crippen LogP contribution >= 0.6 is 0 Å². The van der Waals surface area contributed by atoms with Gasteiger partial charge in [0.2, 0.25) is 0 Å². The molecule has 10 heavy (non-hydrogen) atoms. The minimum absolute atomic E-state index is 0.0692. The summed E-state index contributed by atoms with van der Waals surface area (Å²) in [6, 6.07) is 8.78. The Bertz CT molecular complexity index is 265. The first-order valence-corrected chi connectivity index (χ1v) is 3.42. The summed E-state index contributed by atoms with van der Waals surface area (Å²) < 4.78 is 0. The number of hydrogen-bond donors (Lipinski definition) is 0. The Morgan fingerprint density at radius 3 is 2.70 bits per heavy atom. The van der Waals surface area contributed by atoms with E-state index in [1.807, 2.05) is 12.1 Å². The molecule has 0 aliphatic carbocycles. The first-order chi connectivity index (χ1) is 4.83. The molecular formula is C9H10O. The summed E-state index contributed by atoms with van der Waals surface area (Å²) in [5, 5.41) is 0. The monoisotopic (exact) mass is 134 g/mol. The zero-order valence-electron chi connectivity index (χ0n) is 6.00. The van der Waals surface area contributed by atoms with Crippen LogP contribution in [0, 0.1) is 0 Å². The molecule has 0 bridgehead atoms. The van der Waals surface area contributed by atoms with Crippen molar-refractivity contribution in [1.29, 1.82) is 0 Å². The predicted molar refractivity (Wildman–Crippen MR) is 42.1 cm³/mol. The maximum Gasteiger partial charge on any atom is 0.178 e. The molecule has 0 radical (unpaired) electrons. The van der Waals surface area contributed by atoms with E-state index in [4.69, 9.17) is 0 Å². The Kier molecular flexibility index (Phi) is 2.21. The lowest BCUT2D eigenvalue weighted by Gasteiger charge is -1.84. The smallest absolute Gasteiger partial charge is 0.178 e. The highest BCUT2D eigenvalue weighted by Gasteiger charge is 1.82. The summed E-state index contributed by atoms with van der Waals surface area (Å²) in [6.07, 6.45) is 0.980. The van der Waals surface area contributed by atoms with Gasteiger partial charge < -0.3 is 0 Å². The maximum atomic E-state index is 10.7. The maximum absolute atomic E-state index is 10.7. The molecule has 0 aliphatic heterocycles. The largest absolute Gasteiger partial charge is 0.290 e. The molecule has 0 saturated carbocycles. The van der Waals surface area contributed by atoms with E-state index in [0.717, 1.165) is 6.42 Å². The van der Waals surface area contributed by atoms with Gasteiger partial charge in [-0.3, -0.25) is 4.79 Å². The van der Waals surface area contributed by atoms with Crippen LogP contribution in [0.15, 0.2) is 35.1 Å². The molecule has 1 aromatic rings. The van der Waals surface area contributed by atoms with E-state index in [1.54, 1.807) is 18.2 Å². The summed E-state index contributed by atoms with van der Waals surface area (Å²) in [7, 11) is 0. The van der Waals surface area contributed by atoms with E-state index in [1.165, 1.54) is 5.56 Å². The van der Waals surface area contributed by atoms with Crippen LogP contribution in [0.2, 0.25) is 0 Å². The van der Waals surface area contributed by atoms with Gasteiger partial charge in [0, 0.05) is 0 Å². The average Bonchev–Trinajstić information content (AvgIpc) is 2.14. The third kappa shape index (κ3) is 1.69. The molecule has 0 saturated heterocycles. The molecular weight excluding hydrogens is 124 g/mol. The van der Waals surface area contributed by atoms with Gasteiger partial charge in [0.05, 0.1) is 0 Å². The number of aryl methyl sites for hydroxylation is 1. The van der Waals surface area contributed by atoms with Gasteiger partial charge in [-0.05, 0) is 24.1 Å². The predicted octanol–water partition coefficient (Wildman–Crippen LogP) is 1.61. The van der Waals surface area contributed by atoms with Crippen molar-refractivity contribution in [2.24, 2.45) is 0 Å². The zero-order chi connectivity index (χ0) is 7.40. The van der Waals surface area contributed by atoms with Crippen molar-refractivity contribution in [2.45, 2.75) is 13.3 Å². The highest BCUT2D eigenvalue weighted by molar-refractivity contribution is 5.13. The molecule has 0 N–H and O–H groups in total. The molecule has 0 heterocycles. The van der Waals surface area contributed by atoms with Crippen LogP contribution < -0.4 is 5.43 Å². The second-order valence-electron chi connectivity index (χ2n) is 2.19. The quantitative estimate of drug-likeness (QED) is 0.570. The van der Waals surface area contributed by atoms with Gasteiger partial charge in [0.15, 0.2) is 5.43 Å². The van der Waals surface area contributed by atoms with E-state index >= 15 is 0 Å². The third-order valence-corrected chi connectivity index (χ3v) is 1.44. The summed E-state index contributed by atoms with van der Waals surface area (Å²) in [5.74, 6) is 0. The van der Waals surface area contributed by atoms with Crippen molar-refractivity contribution in [3.63, 3.8) is 0 Å². The standard InChI is InChI=1S/C9H10O/c1-2-8-4-3-5-9(10)7-6-8/h3-7H,2H2,1H3. The van der Waals surface area contributed by atoms with Crippen molar-refractivity contribution < 1.29 is 0 Å². The first kappa shape index (κ1) is 7.00.